The molecule has 0 unspecified atom stereocenters. The van der Waals surface area contributed by atoms with Gasteiger partial charge in [0.15, 0.2) is 0 Å². The molecule has 7 nitrogen and oxygen atoms in total. The summed E-state index contributed by atoms with van der Waals surface area (Å²) in [5.41, 5.74) is 4.00. The minimum Gasteiger partial charge on any atom is -0.459 e. The normalized spacial score (nSPS) is 17.1. The van der Waals surface area contributed by atoms with Crippen molar-refractivity contribution in [1.29, 1.82) is 0 Å². The topological polar surface area (TPSA) is 81.5 Å². The quantitative estimate of drug-likeness (QED) is 0.521. The van der Waals surface area contributed by atoms with Crippen molar-refractivity contribution in [3.63, 3.8) is 0 Å². The summed E-state index contributed by atoms with van der Waals surface area (Å²) >= 11 is 0. The van der Waals surface area contributed by atoms with E-state index in [2.05, 4.69) is 5.10 Å². The van der Waals surface area contributed by atoms with E-state index in [-0.39, 0.29) is 18.5 Å². The van der Waals surface area contributed by atoms with Crippen LogP contribution in [-0.2, 0) is 39.0 Å². The Labute approximate surface area is 194 Å². The van der Waals surface area contributed by atoms with E-state index in [0.29, 0.717) is 36.5 Å². The van der Waals surface area contributed by atoms with E-state index in [4.69, 9.17) is 4.74 Å². The van der Waals surface area contributed by atoms with Crippen LogP contribution in [0.3, 0.4) is 0 Å². The number of piperidine rings is 1. The summed E-state index contributed by atoms with van der Waals surface area (Å²) in [6, 6.07) is 17.0. The van der Waals surface area contributed by atoms with Crippen LogP contribution in [0.4, 0.5) is 0 Å². The number of aryl methyl sites for hydroxylation is 2. The van der Waals surface area contributed by atoms with Crippen LogP contribution < -0.4 is 0 Å². The molecule has 0 radical (unpaired) electrons. The van der Waals surface area contributed by atoms with Crippen molar-refractivity contribution < 1.29 is 17.9 Å². The predicted molar refractivity (Wildman–Crippen MR) is 123 cm³/mol. The highest BCUT2D eigenvalue weighted by molar-refractivity contribution is 7.89. The van der Waals surface area contributed by atoms with Gasteiger partial charge in [-0.15, -0.1) is 0 Å². The highest BCUT2D eigenvalue weighted by Crippen LogP contribution is 2.29. The van der Waals surface area contributed by atoms with Gasteiger partial charge in [0.25, 0.3) is 0 Å². The highest BCUT2D eigenvalue weighted by Gasteiger charge is 2.33. The summed E-state index contributed by atoms with van der Waals surface area (Å²) in [6.45, 7) is 0.746. The maximum atomic E-state index is 13.1. The molecule has 1 aromatic heterocycles. The average Bonchev–Trinajstić information content (AvgIpc) is 3.52. The third-order valence-electron chi connectivity index (χ3n) is 6.52. The van der Waals surface area contributed by atoms with Crippen molar-refractivity contribution in [3.8, 4) is 5.69 Å². The number of hydrogen-bond donors (Lipinski definition) is 0. The fraction of sp³-hybridized carbons (Fsp3) is 0.360. The summed E-state index contributed by atoms with van der Waals surface area (Å²) < 4.78 is 34.9. The van der Waals surface area contributed by atoms with Gasteiger partial charge in [-0.05, 0) is 73.6 Å². The van der Waals surface area contributed by atoms with E-state index in [1.54, 1.807) is 10.7 Å². The van der Waals surface area contributed by atoms with Gasteiger partial charge in [0, 0.05) is 19.3 Å². The van der Waals surface area contributed by atoms with Gasteiger partial charge >= 0.3 is 5.97 Å². The van der Waals surface area contributed by atoms with Gasteiger partial charge in [-0.2, -0.15) is 9.40 Å². The summed E-state index contributed by atoms with van der Waals surface area (Å²) in [5.74, 6) is -0.591. The molecule has 33 heavy (non-hydrogen) atoms. The Morgan fingerprint density at radius 1 is 1.00 bits per heavy atom. The molecular weight excluding hydrogens is 438 g/mol. The van der Waals surface area contributed by atoms with Crippen LogP contribution in [0, 0.1) is 5.92 Å². The minimum absolute atomic E-state index is 0.103. The first-order chi connectivity index (χ1) is 16.0. The summed E-state index contributed by atoms with van der Waals surface area (Å²) in [5, 5.41) is 4.45. The van der Waals surface area contributed by atoms with Gasteiger partial charge in [-0.1, -0.05) is 24.3 Å². The molecule has 0 bridgehead atoms. The Kier molecular flexibility index (Phi) is 6.03. The highest BCUT2D eigenvalue weighted by atomic mass is 32.2. The number of rotatable bonds is 6. The first kappa shape index (κ1) is 21.9. The lowest BCUT2D eigenvalue weighted by Gasteiger charge is -2.30. The molecule has 1 aliphatic carbocycles. The monoisotopic (exact) mass is 465 g/mol. The fourth-order valence-electron chi connectivity index (χ4n) is 4.62. The van der Waals surface area contributed by atoms with Crippen molar-refractivity contribution in [3.05, 3.63) is 77.6 Å². The molecule has 0 saturated carbocycles. The Morgan fingerprint density at radius 3 is 2.55 bits per heavy atom. The van der Waals surface area contributed by atoms with Crippen molar-refractivity contribution in [1.82, 2.24) is 14.1 Å². The van der Waals surface area contributed by atoms with E-state index in [1.807, 2.05) is 54.7 Å². The Hall–Kier alpha value is -2.97. The number of benzene rings is 2. The lowest BCUT2D eigenvalue weighted by molar-refractivity contribution is -0.151. The number of para-hydroxylation sites is 1. The number of nitrogens with zero attached hydrogens (tertiary/aromatic N) is 3. The molecular formula is C25H27N3O4S. The van der Waals surface area contributed by atoms with Crippen LogP contribution in [-0.4, -0.2) is 41.6 Å². The van der Waals surface area contributed by atoms with Gasteiger partial charge in [0.2, 0.25) is 10.0 Å². The fourth-order valence-corrected chi connectivity index (χ4v) is 6.14. The minimum atomic E-state index is -3.54. The van der Waals surface area contributed by atoms with Gasteiger partial charge in [0.05, 0.1) is 16.5 Å². The van der Waals surface area contributed by atoms with Crippen molar-refractivity contribution in [2.45, 2.75) is 43.6 Å². The third kappa shape index (κ3) is 4.58. The second kappa shape index (κ2) is 9.11. The number of carbonyl (C=O) groups is 1. The summed E-state index contributed by atoms with van der Waals surface area (Å²) in [7, 11) is -3.54. The molecule has 0 amide bonds. The third-order valence-corrected chi connectivity index (χ3v) is 8.42. The Morgan fingerprint density at radius 2 is 1.76 bits per heavy atom. The number of carbonyl (C=O) groups excluding carboxylic acids is 1. The maximum absolute atomic E-state index is 13.1. The zero-order valence-corrected chi connectivity index (χ0v) is 19.2. The molecule has 5 rings (SSSR count). The molecule has 1 aliphatic heterocycles. The molecule has 2 aliphatic rings. The van der Waals surface area contributed by atoms with E-state index in [1.165, 1.54) is 9.87 Å². The molecule has 2 heterocycles. The van der Waals surface area contributed by atoms with Crippen LogP contribution in [0.25, 0.3) is 5.69 Å². The number of sulfonamides is 1. The van der Waals surface area contributed by atoms with Gasteiger partial charge < -0.3 is 4.74 Å². The lowest BCUT2D eigenvalue weighted by Crippen LogP contribution is -2.40. The zero-order chi connectivity index (χ0) is 22.8. The summed E-state index contributed by atoms with van der Waals surface area (Å²) in [4.78, 5) is 12.9. The maximum Gasteiger partial charge on any atom is 0.309 e. The van der Waals surface area contributed by atoms with Crippen molar-refractivity contribution in [2.24, 2.45) is 5.92 Å². The molecule has 8 heteroatoms. The first-order valence-electron chi connectivity index (χ1n) is 11.4. The van der Waals surface area contributed by atoms with E-state index < -0.39 is 10.0 Å². The SMILES string of the molecule is O=C(OCc1ccn(-c2ccccc2)n1)C1CCN(S(=O)(=O)c2ccc3c(c2)CCC3)CC1. The van der Waals surface area contributed by atoms with Crippen LogP contribution in [0.15, 0.2) is 65.7 Å². The standard InChI is InChI=1S/C25H27N3O4S/c29-25(32-18-22-13-16-28(26-22)23-7-2-1-3-8-23)20-11-14-27(15-12-20)33(30,31)24-10-9-19-5-4-6-21(19)17-24/h1-3,7-10,13,16-17,20H,4-6,11-12,14-15,18H2. The summed E-state index contributed by atoms with van der Waals surface area (Å²) in [6.07, 6.45) is 5.80. The molecule has 0 spiro atoms. The van der Waals surface area contributed by atoms with Crippen molar-refractivity contribution >= 4 is 16.0 Å². The second-order valence-electron chi connectivity index (χ2n) is 8.66. The number of hydrogen-bond acceptors (Lipinski definition) is 5. The number of fused-ring (bicyclic) bond motifs is 1. The average molecular weight is 466 g/mol. The molecule has 0 atom stereocenters. The van der Waals surface area contributed by atoms with Gasteiger partial charge in [0.1, 0.15) is 12.3 Å². The molecule has 0 N–H and O–H groups in total. The smallest absolute Gasteiger partial charge is 0.309 e. The molecule has 2 aromatic carbocycles. The largest absolute Gasteiger partial charge is 0.459 e. The second-order valence-corrected chi connectivity index (χ2v) is 10.6. The predicted octanol–water partition coefficient (Wildman–Crippen LogP) is 3.51. The van der Waals surface area contributed by atoms with Crippen LogP contribution in [0.1, 0.15) is 36.1 Å². The molecule has 3 aromatic rings. The van der Waals surface area contributed by atoms with E-state index in [9.17, 15) is 13.2 Å². The first-order valence-corrected chi connectivity index (χ1v) is 12.8. The van der Waals surface area contributed by atoms with E-state index in [0.717, 1.165) is 30.5 Å². The van der Waals surface area contributed by atoms with Gasteiger partial charge in [-0.3, -0.25) is 4.79 Å². The van der Waals surface area contributed by atoms with E-state index >= 15 is 0 Å². The van der Waals surface area contributed by atoms with Gasteiger partial charge in [-0.25, -0.2) is 13.1 Å². The molecule has 1 fully saturated rings. The zero-order valence-electron chi connectivity index (χ0n) is 18.4. The number of esters is 1. The number of aromatic nitrogens is 2. The van der Waals surface area contributed by atoms with Crippen LogP contribution in [0.2, 0.25) is 0 Å². The van der Waals surface area contributed by atoms with Crippen LogP contribution >= 0.6 is 0 Å². The lowest BCUT2D eigenvalue weighted by atomic mass is 9.98. The molecule has 1 saturated heterocycles. The van der Waals surface area contributed by atoms with Crippen molar-refractivity contribution in [2.75, 3.05) is 13.1 Å². The molecule has 172 valence electrons. The Bertz CT molecular complexity index is 1250. The Balaban J connectivity index is 1.15. The number of ether oxygens (including phenoxy) is 1. The van der Waals surface area contributed by atoms with Crippen LogP contribution in [0.5, 0.6) is 0 Å².